The van der Waals surface area contributed by atoms with Gasteiger partial charge in [-0.2, -0.15) is 26.3 Å². The molecule has 0 radical (unpaired) electrons. The third-order valence-corrected chi connectivity index (χ3v) is 4.97. The summed E-state index contributed by atoms with van der Waals surface area (Å²) in [5.74, 6) is -1.69. The van der Waals surface area contributed by atoms with Crippen molar-refractivity contribution in [2.75, 3.05) is 11.4 Å². The molecule has 2 aromatic carbocycles. The van der Waals surface area contributed by atoms with Crippen molar-refractivity contribution in [3.63, 3.8) is 0 Å². The molecule has 0 heterocycles. The van der Waals surface area contributed by atoms with E-state index in [2.05, 4.69) is 5.18 Å². The Bertz CT molecular complexity index is 1080. The highest BCUT2D eigenvalue weighted by molar-refractivity contribution is 6.07. The lowest BCUT2D eigenvalue weighted by molar-refractivity contribution is -0.348. The summed E-state index contributed by atoms with van der Waals surface area (Å²) in [6.45, 7) is 1.78. The van der Waals surface area contributed by atoms with Crippen molar-refractivity contribution in [1.82, 2.24) is 0 Å². The first kappa shape index (κ1) is 26.7. The third-order valence-electron chi connectivity index (χ3n) is 4.97. The van der Waals surface area contributed by atoms with Gasteiger partial charge in [0.2, 0.25) is 5.91 Å². The van der Waals surface area contributed by atoms with Gasteiger partial charge in [0.25, 0.3) is 5.91 Å². The number of rotatable bonds is 7. The number of hydrogen-bond donors (Lipinski definition) is 1. The van der Waals surface area contributed by atoms with Gasteiger partial charge in [0.15, 0.2) is 0 Å². The summed E-state index contributed by atoms with van der Waals surface area (Å²) in [4.78, 5) is 36.1. The predicted molar refractivity (Wildman–Crippen MR) is 108 cm³/mol. The number of carbonyl (C=O) groups is 2. The van der Waals surface area contributed by atoms with E-state index in [1.807, 2.05) is 0 Å². The third kappa shape index (κ3) is 5.02. The summed E-state index contributed by atoms with van der Waals surface area (Å²) in [7, 11) is 0. The van der Waals surface area contributed by atoms with Gasteiger partial charge in [0, 0.05) is 29.8 Å². The number of halogens is 7. The molecular formula is C21H18F7N3O3. The van der Waals surface area contributed by atoms with Crippen molar-refractivity contribution >= 4 is 23.2 Å². The van der Waals surface area contributed by atoms with E-state index in [4.69, 9.17) is 5.73 Å². The molecule has 0 atom stereocenters. The van der Waals surface area contributed by atoms with E-state index in [-0.39, 0.29) is 28.1 Å². The minimum absolute atomic E-state index is 0.102. The molecule has 2 N–H and O–H groups in total. The van der Waals surface area contributed by atoms with Crippen LogP contribution in [0.15, 0.2) is 41.6 Å². The van der Waals surface area contributed by atoms with E-state index in [1.54, 1.807) is 0 Å². The van der Waals surface area contributed by atoms with Crippen LogP contribution in [0, 0.1) is 18.8 Å². The molecule has 2 aromatic rings. The molecule has 0 aliphatic heterocycles. The van der Waals surface area contributed by atoms with Gasteiger partial charge in [-0.15, -0.1) is 4.91 Å². The second-order valence-corrected chi connectivity index (χ2v) is 7.43. The number of anilines is 1. The van der Waals surface area contributed by atoms with Crippen LogP contribution in [0.4, 0.5) is 42.1 Å². The molecule has 0 bridgehead atoms. The molecule has 0 aliphatic rings. The molecule has 34 heavy (non-hydrogen) atoms. The lowest BCUT2D eigenvalue weighted by Crippen LogP contribution is -2.50. The summed E-state index contributed by atoms with van der Waals surface area (Å²) in [6.07, 6.45) is -13.0. The van der Waals surface area contributed by atoms with Crippen molar-refractivity contribution in [2.24, 2.45) is 10.9 Å². The van der Waals surface area contributed by atoms with Gasteiger partial charge >= 0.3 is 18.0 Å². The number of carbonyl (C=O) groups excluding carboxylic acids is 2. The molecule has 2 amide bonds. The maximum Gasteiger partial charge on any atom is 0.435 e. The lowest BCUT2D eigenvalue weighted by atomic mass is 9.90. The largest absolute Gasteiger partial charge is 0.435 e. The highest BCUT2D eigenvalue weighted by atomic mass is 19.4. The Morgan fingerprint density at radius 1 is 0.941 bits per heavy atom. The SMILES string of the molecule is Cc1cc(C(F)(C(F)(F)F)C(F)(F)F)cc(C)c1N(CCC(N)=O)C(=O)c1cccc(N=O)c1. The number of nitroso groups, excluding NO2 is 1. The number of hydrogen-bond acceptors (Lipinski definition) is 4. The Morgan fingerprint density at radius 2 is 1.47 bits per heavy atom. The molecule has 0 saturated heterocycles. The van der Waals surface area contributed by atoms with Crippen LogP contribution in [0.2, 0.25) is 0 Å². The molecule has 0 fully saturated rings. The van der Waals surface area contributed by atoms with Gasteiger partial charge < -0.3 is 10.6 Å². The molecular weight excluding hydrogens is 475 g/mol. The van der Waals surface area contributed by atoms with Crippen LogP contribution in [0.3, 0.4) is 0 Å². The molecule has 0 unspecified atom stereocenters. The maximum absolute atomic E-state index is 14.6. The zero-order valence-corrected chi connectivity index (χ0v) is 17.7. The van der Waals surface area contributed by atoms with Crippen molar-refractivity contribution < 1.29 is 40.3 Å². The highest BCUT2D eigenvalue weighted by Crippen LogP contribution is 2.54. The Balaban J connectivity index is 2.69. The topological polar surface area (TPSA) is 92.8 Å². The fourth-order valence-electron chi connectivity index (χ4n) is 3.46. The van der Waals surface area contributed by atoms with Crippen LogP contribution in [0.25, 0.3) is 0 Å². The second-order valence-electron chi connectivity index (χ2n) is 7.43. The second kappa shape index (κ2) is 9.39. The van der Waals surface area contributed by atoms with E-state index in [1.165, 1.54) is 18.2 Å². The summed E-state index contributed by atoms with van der Waals surface area (Å²) >= 11 is 0. The molecule has 0 spiro atoms. The smallest absolute Gasteiger partial charge is 0.370 e. The minimum atomic E-state index is -6.31. The molecule has 0 aliphatic carbocycles. The Kier molecular flexibility index (Phi) is 7.38. The number of amides is 2. The number of alkyl halides is 7. The van der Waals surface area contributed by atoms with Gasteiger partial charge in [-0.25, -0.2) is 4.39 Å². The quantitative estimate of drug-likeness (QED) is 0.407. The van der Waals surface area contributed by atoms with Gasteiger partial charge in [-0.05, 0) is 48.4 Å². The summed E-state index contributed by atoms with van der Waals surface area (Å²) in [5.41, 5.74) is -3.21. The standard InChI is InChI=1S/C21H18F7N3O3/c1-11-8-14(19(22,20(23,24)25)21(26,27)28)9-12(2)17(11)31(7-6-16(29)32)18(33)13-4-3-5-15(10-13)30-34/h3-5,8-10H,6-7H2,1-2H3,(H2,29,32). The predicted octanol–water partition coefficient (Wildman–Crippen LogP) is 5.51. The average Bonchev–Trinajstić information content (AvgIpc) is 2.72. The van der Waals surface area contributed by atoms with Crippen LogP contribution >= 0.6 is 0 Å². The maximum atomic E-state index is 14.6. The van der Waals surface area contributed by atoms with Crippen molar-refractivity contribution in [1.29, 1.82) is 0 Å². The molecule has 6 nitrogen and oxygen atoms in total. The van der Waals surface area contributed by atoms with Crippen molar-refractivity contribution in [2.45, 2.75) is 38.3 Å². The van der Waals surface area contributed by atoms with E-state index >= 15 is 0 Å². The van der Waals surface area contributed by atoms with Crippen LogP contribution in [-0.4, -0.2) is 30.7 Å². The highest BCUT2D eigenvalue weighted by Gasteiger charge is 2.73. The van der Waals surface area contributed by atoms with E-state index in [9.17, 15) is 45.2 Å². The normalized spacial score (nSPS) is 12.4. The van der Waals surface area contributed by atoms with Gasteiger partial charge in [-0.1, -0.05) is 18.2 Å². The zero-order chi connectivity index (χ0) is 26.1. The van der Waals surface area contributed by atoms with Crippen LogP contribution in [0.1, 0.15) is 33.5 Å². The van der Waals surface area contributed by atoms with E-state index in [0.29, 0.717) is 12.1 Å². The monoisotopic (exact) mass is 493 g/mol. The van der Waals surface area contributed by atoms with Crippen molar-refractivity contribution in [3.05, 3.63) is 63.6 Å². The number of primary amides is 1. The van der Waals surface area contributed by atoms with Crippen LogP contribution < -0.4 is 10.6 Å². The first-order valence-corrected chi connectivity index (χ1v) is 9.52. The van der Waals surface area contributed by atoms with Gasteiger partial charge in [0.05, 0.1) is 0 Å². The Hall–Kier alpha value is -3.51. The summed E-state index contributed by atoms with van der Waals surface area (Å²) in [6, 6.07) is 5.69. The van der Waals surface area contributed by atoms with Gasteiger partial charge in [0.1, 0.15) is 5.69 Å². The van der Waals surface area contributed by atoms with Crippen LogP contribution in [-0.2, 0) is 10.5 Å². The molecule has 0 saturated carbocycles. The van der Waals surface area contributed by atoms with Gasteiger partial charge in [-0.3, -0.25) is 9.59 Å². The number of nitrogens with zero attached hydrogens (tertiary/aromatic N) is 2. The minimum Gasteiger partial charge on any atom is -0.370 e. The Labute approximate surface area is 188 Å². The Morgan fingerprint density at radius 3 is 1.91 bits per heavy atom. The molecule has 0 aromatic heterocycles. The van der Waals surface area contributed by atoms with Crippen LogP contribution in [0.5, 0.6) is 0 Å². The lowest BCUT2D eigenvalue weighted by Gasteiger charge is -2.32. The van der Waals surface area contributed by atoms with Crippen molar-refractivity contribution in [3.8, 4) is 0 Å². The first-order valence-electron chi connectivity index (χ1n) is 9.52. The first-order chi connectivity index (χ1) is 15.5. The number of nitrogens with two attached hydrogens (primary N) is 1. The molecule has 13 heteroatoms. The summed E-state index contributed by atoms with van der Waals surface area (Å²) < 4.78 is 93.7. The number of aryl methyl sites for hydroxylation is 2. The van der Waals surface area contributed by atoms with E-state index < -0.39 is 48.4 Å². The fourth-order valence-corrected chi connectivity index (χ4v) is 3.46. The molecule has 2 rings (SSSR count). The average molecular weight is 493 g/mol. The fraction of sp³-hybridized carbons (Fsp3) is 0.333. The zero-order valence-electron chi connectivity index (χ0n) is 17.7. The molecule has 184 valence electrons. The van der Waals surface area contributed by atoms with E-state index in [0.717, 1.165) is 24.8 Å². The number of benzene rings is 2. The summed E-state index contributed by atoms with van der Waals surface area (Å²) in [5, 5.41) is 2.69.